The Kier molecular flexibility index (Phi) is 5.06. The topological polar surface area (TPSA) is 42.2 Å². The maximum atomic E-state index is 5.61. The zero-order chi connectivity index (χ0) is 12.1. The third-order valence-corrected chi connectivity index (χ3v) is 2.73. The molecule has 0 aliphatic heterocycles. The van der Waals surface area contributed by atoms with E-state index in [-0.39, 0.29) is 0 Å². The van der Waals surface area contributed by atoms with E-state index in [0.717, 1.165) is 6.42 Å². The number of aromatic nitrogens is 2. The first-order valence-electron chi connectivity index (χ1n) is 5.65. The van der Waals surface area contributed by atoms with Crippen molar-refractivity contribution in [1.29, 1.82) is 0 Å². The molecule has 1 atom stereocenters. The van der Waals surface area contributed by atoms with Gasteiger partial charge in [-0.05, 0) is 19.3 Å². The summed E-state index contributed by atoms with van der Waals surface area (Å²) in [5.74, 6) is 1.77. The standard InChI is InChI=1S/C11H20ClN3O/c1-8(2)7-9(3)15(4)11-14-13-10(16-11)5-6-12/h8-9H,5-7H2,1-4H3. The Labute approximate surface area is 102 Å². The normalized spacial score (nSPS) is 13.1. The van der Waals surface area contributed by atoms with E-state index in [1.807, 2.05) is 11.9 Å². The van der Waals surface area contributed by atoms with Gasteiger partial charge in [-0.2, -0.15) is 0 Å². The highest BCUT2D eigenvalue weighted by Crippen LogP contribution is 2.17. The van der Waals surface area contributed by atoms with Gasteiger partial charge in [-0.25, -0.2) is 0 Å². The maximum Gasteiger partial charge on any atom is 0.318 e. The Balaban J connectivity index is 2.60. The van der Waals surface area contributed by atoms with E-state index in [1.54, 1.807) is 0 Å². The maximum absolute atomic E-state index is 5.61. The number of hydrogen-bond donors (Lipinski definition) is 0. The molecule has 5 heteroatoms. The Morgan fingerprint density at radius 1 is 1.31 bits per heavy atom. The number of hydrogen-bond acceptors (Lipinski definition) is 4. The van der Waals surface area contributed by atoms with Crippen LogP contribution in [0, 0.1) is 5.92 Å². The van der Waals surface area contributed by atoms with Crippen molar-refractivity contribution in [3.8, 4) is 0 Å². The minimum absolute atomic E-state index is 0.393. The molecule has 1 heterocycles. The van der Waals surface area contributed by atoms with Gasteiger partial charge in [-0.15, -0.1) is 16.7 Å². The Morgan fingerprint density at radius 3 is 2.56 bits per heavy atom. The molecule has 0 bridgehead atoms. The number of rotatable bonds is 6. The van der Waals surface area contributed by atoms with Crippen molar-refractivity contribution in [1.82, 2.24) is 10.2 Å². The predicted octanol–water partition coefficient (Wildman–Crippen LogP) is 2.72. The zero-order valence-corrected chi connectivity index (χ0v) is 11.2. The summed E-state index contributed by atoms with van der Waals surface area (Å²) < 4.78 is 5.51. The van der Waals surface area contributed by atoms with E-state index in [2.05, 4.69) is 31.0 Å². The summed E-state index contributed by atoms with van der Waals surface area (Å²) in [5, 5.41) is 7.96. The van der Waals surface area contributed by atoms with Crippen LogP contribution in [0.3, 0.4) is 0 Å². The van der Waals surface area contributed by atoms with Gasteiger partial charge in [0.15, 0.2) is 0 Å². The quantitative estimate of drug-likeness (QED) is 0.723. The van der Waals surface area contributed by atoms with Crippen LogP contribution in [-0.2, 0) is 6.42 Å². The third-order valence-electron chi connectivity index (χ3n) is 2.54. The average molecular weight is 246 g/mol. The molecule has 0 amide bonds. The van der Waals surface area contributed by atoms with Gasteiger partial charge >= 0.3 is 6.01 Å². The molecule has 0 saturated heterocycles. The minimum atomic E-state index is 0.393. The molecule has 0 saturated carbocycles. The molecule has 0 aromatic carbocycles. The molecule has 0 aliphatic rings. The van der Waals surface area contributed by atoms with E-state index < -0.39 is 0 Å². The second-order valence-electron chi connectivity index (χ2n) is 4.51. The summed E-state index contributed by atoms with van der Waals surface area (Å²) in [6.07, 6.45) is 1.73. The monoisotopic (exact) mass is 245 g/mol. The van der Waals surface area contributed by atoms with Crippen molar-refractivity contribution in [3.63, 3.8) is 0 Å². The van der Waals surface area contributed by atoms with Crippen LogP contribution in [0.1, 0.15) is 33.1 Å². The molecule has 0 spiro atoms. The van der Waals surface area contributed by atoms with Crippen molar-refractivity contribution in [2.75, 3.05) is 17.8 Å². The molecule has 1 rings (SSSR count). The molecular formula is C11H20ClN3O. The molecular weight excluding hydrogens is 226 g/mol. The van der Waals surface area contributed by atoms with Gasteiger partial charge in [0, 0.05) is 25.4 Å². The SMILES string of the molecule is CC(C)CC(C)N(C)c1nnc(CCCl)o1. The molecule has 1 aromatic heterocycles. The first-order valence-corrected chi connectivity index (χ1v) is 6.19. The second-order valence-corrected chi connectivity index (χ2v) is 4.88. The van der Waals surface area contributed by atoms with Crippen LogP contribution >= 0.6 is 11.6 Å². The van der Waals surface area contributed by atoms with Crippen LogP contribution in [0.4, 0.5) is 6.01 Å². The van der Waals surface area contributed by atoms with Crippen molar-refractivity contribution in [2.45, 2.75) is 39.7 Å². The van der Waals surface area contributed by atoms with E-state index in [0.29, 0.717) is 36.2 Å². The fourth-order valence-electron chi connectivity index (χ4n) is 1.60. The van der Waals surface area contributed by atoms with Gasteiger partial charge in [0.25, 0.3) is 0 Å². The zero-order valence-electron chi connectivity index (χ0n) is 10.4. The van der Waals surface area contributed by atoms with E-state index in [9.17, 15) is 0 Å². The molecule has 0 fully saturated rings. The van der Waals surface area contributed by atoms with Crippen LogP contribution in [0.25, 0.3) is 0 Å². The summed E-state index contributed by atoms with van der Waals surface area (Å²) in [7, 11) is 1.98. The second kappa shape index (κ2) is 6.09. The summed E-state index contributed by atoms with van der Waals surface area (Å²) in [6.45, 7) is 6.57. The first-order chi connectivity index (χ1) is 7.54. The fourth-order valence-corrected chi connectivity index (χ4v) is 1.76. The molecule has 0 aliphatic carbocycles. The third kappa shape index (κ3) is 3.67. The number of aryl methyl sites for hydroxylation is 1. The van der Waals surface area contributed by atoms with E-state index in [4.69, 9.17) is 16.0 Å². The average Bonchev–Trinajstić information content (AvgIpc) is 2.64. The Hall–Kier alpha value is -0.770. The summed E-state index contributed by atoms with van der Waals surface area (Å²) in [4.78, 5) is 2.02. The van der Waals surface area contributed by atoms with Crippen molar-refractivity contribution >= 4 is 17.6 Å². The van der Waals surface area contributed by atoms with E-state index in [1.165, 1.54) is 0 Å². The van der Waals surface area contributed by atoms with Crippen LogP contribution in [-0.4, -0.2) is 29.2 Å². The molecule has 1 unspecified atom stereocenters. The number of anilines is 1. The lowest BCUT2D eigenvalue weighted by atomic mass is 10.0. The van der Waals surface area contributed by atoms with Gasteiger partial charge in [0.05, 0.1) is 0 Å². The molecule has 1 aromatic rings. The fraction of sp³-hybridized carbons (Fsp3) is 0.818. The van der Waals surface area contributed by atoms with Gasteiger partial charge in [-0.3, -0.25) is 0 Å². The molecule has 0 N–H and O–H groups in total. The lowest BCUT2D eigenvalue weighted by Gasteiger charge is -2.23. The molecule has 0 radical (unpaired) electrons. The molecule has 16 heavy (non-hydrogen) atoms. The van der Waals surface area contributed by atoms with Crippen molar-refractivity contribution in [2.24, 2.45) is 5.92 Å². The lowest BCUT2D eigenvalue weighted by Crippen LogP contribution is -2.30. The van der Waals surface area contributed by atoms with Crippen LogP contribution < -0.4 is 4.90 Å². The number of halogens is 1. The largest absolute Gasteiger partial charge is 0.408 e. The van der Waals surface area contributed by atoms with Gasteiger partial charge < -0.3 is 9.32 Å². The van der Waals surface area contributed by atoms with Crippen molar-refractivity contribution in [3.05, 3.63) is 5.89 Å². The predicted molar refractivity (Wildman–Crippen MR) is 66.0 cm³/mol. The van der Waals surface area contributed by atoms with Gasteiger partial charge in [-0.1, -0.05) is 18.9 Å². The highest BCUT2D eigenvalue weighted by atomic mass is 35.5. The highest BCUT2D eigenvalue weighted by Gasteiger charge is 2.17. The minimum Gasteiger partial charge on any atom is -0.408 e. The number of nitrogens with zero attached hydrogens (tertiary/aromatic N) is 3. The molecule has 92 valence electrons. The van der Waals surface area contributed by atoms with Crippen LogP contribution in [0.2, 0.25) is 0 Å². The van der Waals surface area contributed by atoms with Crippen LogP contribution in [0.15, 0.2) is 4.42 Å². The summed E-state index contributed by atoms with van der Waals surface area (Å²) in [6, 6.07) is 0.970. The summed E-state index contributed by atoms with van der Waals surface area (Å²) >= 11 is 5.61. The first kappa shape index (κ1) is 13.3. The van der Waals surface area contributed by atoms with E-state index >= 15 is 0 Å². The molecule has 4 nitrogen and oxygen atoms in total. The number of alkyl halides is 1. The van der Waals surface area contributed by atoms with Crippen molar-refractivity contribution < 1.29 is 4.42 Å². The highest BCUT2D eigenvalue weighted by molar-refractivity contribution is 6.17. The Morgan fingerprint density at radius 2 is 2.00 bits per heavy atom. The smallest absolute Gasteiger partial charge is 0.318 e. The van der Waals surface area contributed by atoms with Gasteiger partial charge in [0.2, 0.25) is 5.89 Å². The van der Waals surface area contributed by atoms with Crippen LogP contribution in [0.5, 0.6) is 0 Å². The lowest BCUT2D eigenvalue weighted by molar-refractivity contribution is 0.450. The van der Waals surface area contributed by atoms with Gasteiger partial charge in [0.1, 0.15) is 0 Å². The summed E-state index contributed by atoms with van der Waals surface area (Å²) in [5.41, 5.74) is 0. The Bertz CT molecular complexity index is 314.